The molecule has 1 aromatic carbocycles. The van der Waals surface area contributed by atoms with Crippen molar-refractivity contribution in [2.75, 3.05) is 18.0 Å². The van der Waals surface area contributed by atoms with Gasteiger partial charge in [0.25, 0.3) is 0 Å². The van der Waals surface area contributed by atoms with E-state index >= 15 is 0 Å². The van der Waals surface area contributed by atoms with Crippen LogP contribution in [0.25, 0.3) is 0 Å². The highest BCUT2D eigenvalue weighted by atomic mass is 19.4. The summed E-state index contributed by atoms with van der Waals surface area (Å²) >= 11 is 0. The molecule has 0 amide bonds. The van der Waals surface area contributed by atoms with Gasteiger partial charge in [-0.25, -0.2) is 0 Å². The Balaban J connectivity index is 1.60. The number of pyridine rings is 1. The Labute approximate surface area is 132 Å². The van der Waals surface area contributed by atoms with E-state index in [2.05, 4.69) is 9.88 Å². The zero-order valence-corrected chi connectivity index (χ0v) is 12.7. The molecule has 0 bridgehead atoms. The van der Waals surface area contributed by atoms with Crippen molar-refractivity contribution in [2.45, 2.75) is 25.6 Å². The molecule has 3 nitrogen and oxygen atoms in total. The second-order valence-electron chi connectivity index (χ2n) is 5.65. The minimum Gasteiger partial charge on any atom is -0.489 e. The molecule has 122 valence electrons. The van der Waals surface area contributed by atoms with Gasteiger partial charge in [0, 0.05) is 18.7 Å². The molecule has 0 saturated carbocycles. The SMILES string of the molecule is Cc1ccc(N2CC[C@H](Oc3ccc(C(F)(F)F)cc3)C2)cn1. The number of alkyl halides is 3. The topological polar surface area (TPSA) is 25.4 Å². The van der Waals surface area contributed by atoms with Crippen molar-refractivity contribution in [1.29, 1.82) is 0 Å². The first-order chi connectivity index (χ1) is 10.9. The van der Waals surface area contributed by atoms with Crippen molar-refractivity contribution in [3.8, 4) is 5.75 Å². The van der Waals surface area contributed by atoms with E-state index in [1.807, 2.05) is 25.3 Å². The zero-order chi connectivity index (χ0) is 16.4. The largest absolute Gasteiger partial charge is 0.489 e. The molecule has 1 atom stereocenters. The van der Waals surface area contributed by atoms with Gasteiger partial charge in [-0.1, -0.05) is 0 Å². The van der Waals surface area contributed by atoms with E-state index in [1.165, 1.54) is 12.1 Å². The van der Waals surface area contributed by atoms with Crippen LogP contribution in [0.4, 0.5) is 18.9 Å². The summed E-state index contributed by atoms with van der Waals surface area (Å²) in [4.78, 5) is 6.44. The molecule has 0 radical (unpaired) electrons. The van der Waals surface area contributed by atoms with Gasteiger partial charge in [-0.2, -0.15) is 13.2 Å². The van der Waals surface area contributed by atoms with Gasteiger partial charge >= 0.3 is 6.18 Å². The minimum absolute atomic E-state index is 0.0342. The van der Waals surface area contributed by atoms with Gasteiger partial charge in [-0.15, -0.1) is 0 Å². The van der Waals surface area contributed by atoms with Crippen LogP contribution in [0.1, 0.15) is 17.7 Å². The summed E-state index contributed by atoms with van der Waals surface area (Å²) in [6.07, 6.45) is -1.70. The van der Waals surface area contributed by atoms with Gasteiger partial charge < -0.3 is 9.64 Å². The average Bonchev–Trinajstić information content (AvgIpc) is 2.96. The monoisotopic (exact) mass is 322 g/mol. The molecule has 1 aromatic heterocycles. The lowest BCUT2D eigenvalue weighted by atomic mass is 10.2. The van der Waals surface area contributed by atoms with E-state index in [-0.39, 0.29) is 6.10 Å². The number of halogens is 3. The molecule has 2 heterocycles. The normalized spacial score (nSPS) is 18.3. The molecule has 0 spiro atoms. The van der Waals surface area contributed by atoms with Crippen LogP contribution < -0.4 is 9.64 Å². The molecule has 1 aliphatic rings. The summed E-state index contributed by atoms with van der Waals surface area (Å²) in [5, 5.41) is 0. The van der Waals surface area contributed by atoms with Crippen LogP contribution >= 0.6 is 0 Å². The Morgan fingerprint density at radius 3 is 2.48 bits per heavy atom. The van der Waals surface area contributed by atoms with Crippen LogP contribution in [0.3, 0.4) is 0 Å². The number of rotatable bonds is 3. The van der Waals surface area contributed by atoms with E-state index in [4.69, 9.17) is 4.74 Å². The maximum Gasteiger partial charge on any atom is 0.416 e. The number of aromatic nitrogens is 1. The van der Waals surface area contributed by atoms with Crippen molar-refractivity contribution in [2.24, 2.45) is 0 Å². The Hall–Kier alpha value is -2.24. The van der Waals surface area contributed by atoms with Crippen LogP contribution in [-0.4, -0.2) is 24.2 Å². The van der Waals surface area contributed by atoms with E-state index in [0.29, 0.717) is 12.3 Å². The fourth-order valence-electron chi connectivity index (χ4n) is 2.62. The molecular formula is C17H17F3N2O. The Morgan fingerprint density at radius 2 is 1.87 bits per heavy atom. The number of hydrogen-bond acceptors (Lipinski definition) is 3. The Kier molecular flexibility index (Phi) is 4.15. The summed E-state index contributed by atoms with van der Waals surface area (Å²) in [5.41, 5.74) is 1.34. The van der Waals surface area contributed by atoms with E-state index in [0.717, 1.165) is 36.5 Å². The molecule has 2 aromatic rings. The maximum absolute atomic E-state index is 12.5. The van der Waals surface area contributed by atoms with Crippen molar-refractivity contribution >= 4 is 5.69 Å². The lowest BCUT2D eigenvalue weighted by Gasteiger charge is -2.19. The van der Waals surface area contributed by atoms with Crippen molar-refractivity contribution in [3.05, 3.63) is 53.9 Å². The molecule has 0 unspecified atom stereocenters. The summed E-state index contributed by atoms with van der Waals surface area (Å²) in [5.74, 6) is 0.465. The predicted molar refractivity (Wildman–Crippen MR) is 81.7 cm³/mol. The second kappa shape index (κ2) is 6.10. The third-order valence-corrected chi connectivity index (χ3v) is 3.89. The molecule has 0 N–H and O–H groups in total. The molecule has 6 heteroatoms. The van der Waals surface area contributed by atoms with Crippen molar-refractivity contribution in [3.63, 3.8) is 0 Å². The van der Waals surface area contributed by atoms with Gasteiger partial charge in [0.1, 0.15) is 11.9 Å². The highest BCUT2D eigenvalue weighted by molar-refractivity contribution is 5.45. The van der Waals surface area contributed by atoms with Gasteiger partial charge in [0.15, 0.2) is 0 Å². The third-order valence-electron chi connectivity index (χ3n) is 3.89. The zero-order valence-electron chi connectivity index (χ0n) is 12.7. The van der Waals surface area contributed by atoms with Crippen molar-refractivity contribution < 1.29 is 17.9 Å². The summed E-state index contributed by atoms with van der Waals surface area (Å²) in [6.45, 7) is 3.48. The van der Waals surface area contributed by atoms with Crippen LogP contribution in [-0.2, 0) is 6.18 Å². The summed E-state index contributed by atoms with van der Waals surface area (Å²) in [7, 11) is 0. The highest BCUT2D eigenvalue weighted by Crippen LogP contribution is 2.31. The minimum atomic E-state index is -4.32. The smallest absolute Gasteiger partial charge is 0.416 e. The molecule has 23 heavy (non-hydrogen) atoms. The van der Waals surface area contributed by atoms with E-state index in [1.54, 1.807) is 0 Å². The van der Waals surface area contributed by atoms with Gasteiger partial charge in [0.05, 0.1) is 24.0 Å². The first kappa shape index (κ1) is 15.6. The lowest BCUT2D eigenvalue weighted by Crippen LogP contribution is -2.24. The number of ether oxygens (including phenoxy) is 1. The fraction of sp³-hybridized carbons (Fsp3) is 0.353. The quantitative estimate of drug-likeness (QED) is 0.852. The molecular weight excluding hydrogens is 305 g/mol. The van der Waals surface area contributed by atoms with Gasteiger partial charge in [-0.05, 0) is 43.3 Å². The molecule has 1 saturated heterocycles. The fourth-order valence-corrected chi connectivity index (χ4v) is 2.62. The predicted octanol–water partition coefficient (Wildman–Crippen LogP) is 4.07. The second-order valence-corrected chi connectivity index (χ2v) is 5.65. The Bertz CT molecular complexity index is 653. The van der Waals surface area contributed by atoms with Gasteiger partial charge in [-0.3, -0.25) is 4.98 Å². The lowest BCUT2D eigenvalue weighted by molar-refractivity contribution is -0.137. The number of aryl methyl sites for hydroxylation is 1. The van der Waals surface area contributed by atoms with Crippen LogP contribution in [0, 0.1) is 6.92 Å². The third kappa shape index (κ3) is 3.75. The van der Waals surface area contributed by atoms with E-state index < -0.39 is 11.7 Å². The maximum atomic E-state index is 12.5. The molecule has 3 rings (SSSR count). The number of benzene rings is 1. The molecule has 1 fully saturated rings. The van der Waals surface area contributed by atoms with E-state index in [9.17, 15) is 13.2 Å². The standard InChI is InChI=1S/C17H17F3N2O/c1-12-2-5-14(10-21-12)22-9-8-16(11-22)23-15-6-3-13(4-7-15)17(18,19)20/h2-7,10,16H,8-9,11H2,1H3/t16-/m0/s1. The molecule has 0 aliphatic carbocycles. The first-order valence-electron chi connectivity index (χ1n) is 7.43. The molecule has 1 aliphatic heterocycles. The van der Waals surface area contributed by atoms with Crippen LogP contribution in [0.15, 0.2) is 42.6 Å². The van der Waals surface area contributed by atoms with Crippen LogP contribution in [0.5, 0.6) is 5.75 Å². The average molecular weight is 322 g/mol. The first-order valence-corrected chi connectivity index (χ1v) is 7.43. The highest BCUT2D eigenvalue weighted by Gasteiger charge is 2.30. The number of nitrogens with zero attached hydrogens (tertiary/aromatic N) is 2. The number of hydrogen-bond donors (Lipinski definition) is 0. The van der Waals surface area contributed by atoms with Gasteiger partial charge in [0.2, 0.25) is 0 Å². The summed E-state index contributed by atoms with van der Waals surface area (Å²) < 4.78 is 43.4. The van der Waals surface area contributed by atoms with Crippen molar-refractivity contribution in [1.82, 2.24) is 4.98 Å². The Morgan fingerprint density at radius 1 is 1.13 bits per heavy atom. The van der Waals surface area contributed by atoms with Crippen LogP contribution in [0.2, 0.25) is 0 Å². The number of anilines is 1. The summed E-state index contributed by atoms with van der Waals surface area (Å²) in [6, 6.07) is 8.82.